The molecule has 9 nitrogen and oxygen atoms in total. The number of aromatic nitrogens is 4. The number of ether oxygens (including phenoxy) is 1. The summed E-state index contributed by atoms with van der Waals surface area (Å²) in [5.41, 5.74) is 0.0758. The number of nitrogens with zero attached hydrogens (tertiary/aromatic N) is 5. The molecule has 27 heavy (non-hydrogen) atoms. The summed E-state index contributed by atoms with van der Waals surface area (Å²) in [7, 11) is -3.57. The van der Waals surface area contributed by atoms with Crippen LogP contribution in [0.5, 0.6) is 0 Å². The smallest absolute Gasteiger partial charge is 0.321 e. The fourth-order valence-corrected chi connectivity index (χ4v) is 2.94. The van der Waals surface area contributed by atoms with Crippen LogP contribution in [0.2, 0.25) is 0 Å². The zero-order valence-corrected chi connectivity index (χ0v) is 16.7. The first-order valence-corrected chi connectivity index (χ1v) is 10.2. The van der Waals surface area contributed by atoms with E-state index in [0.717, 1.165) is 16.1 Å². The lowest BCUT2D eigenvalue weighted by Gasteiger charge is -2.22. The first-order valence-electron chi connectivity index (χ1n) is 8.35. The Morgan fingerprint density at radius 3 is 2.44 bits per heavy atom. The zero-order valence-electron chi connectivity index (χ0n) is 15.9. The van der Waals surface area contributed by atoms with Gasteiger partial charge in [-0.25, -0.2) is 18.4 Å². The molecule has 0 aliphatic carbocycles. The van der Waals surface area contributed by atoms with Crippen molar-refractivity contribution in [2.24, 2.45) is 0 Å². The highest BCUT2D eigenvalue weighted by atomic mass is 32.2. The molecule has 0 saturated carbocycles. The molecule has 0 unspecified atom stereocenters. The number of carbonyl (C=O) groups excluding carboxylic acids is 1. The first-order chi connectivity index (χ1) is 12.5. The molecule has 0 fully saturated rings. The minimum Gasteiger partial charge on any atom is -0.459 e. The van der Waals surface area contributed by atoms with Crippen LogP contribution in [0.25, 0.3) is 11.4 Å². The van der Waals surface area contributed by atoms with E-state index in [1.54, 1.807) is 62.4 Å². The number of sulfonamides is 1. The second kappa shape index (κ2) is 8.49. The Hall–Kier alpha value is -2.46. The molecule has 0 aromatic carbocycles. The number of esters is 1. The fraction of sp³-hybridized carbons (Fsp3) is 0.471. The van der Waals surface area contributed by atoms with E-state index in [0.29, 0.717) is 5.82 Å². The predicted octanol–water partition coefficient (Wildman–Crippen LogP) is 0.429. The van der Waals surface area contributed by atoms with Crippen LogP contribution in [-0.4, -0.2) is 58.7 Å². The van der Waals surface area contributed by atoms with Crippen molar-refractivity contribution in [3.8, 4) is 11.4 Å². The van der Waals surface area contributed by atoms with Gasteiger partial charge in [0.25, 0.3) is 0 Å². The molecule has 0 spiro atoms. The van der Waals surface area contributed by atoms with Gasteiger partial charge in [0.2, 0.25) is 10.0 Å². The van der Waals surface area contributed by atoms with Gasteiger partial charge in [-0.05, 0) is 31.9 Å². The second-order valence-electron chi connectivity index (χ2n) is 6.93. The molecule has 0 amide bonds. The van der Waals surface area contributed by atoms with Crippen LogP contribution >= 0.6 is 0 Å². The first kappa shape index (κ1) is 20.8. The van der Waals surface area contributed by atoms with Crippen LogP contribution in [0.4, 0.5) is 0 Å². The summed E-state index contributed by atoms with van der Waals surface area (Å²) in [4.78, 5) is 20.3. The van der Waals surface area contributed by atoms with Crippen molar-refractivity contribution < 1.29 is 22.6 Å². The number of rotatable bonds is 7. The molecule has 2 rings (SSSR count). The number of carbonyl (C=O) groups is 1. The van der Waals surface area contributed by atoms with E-state index in [1.165, 1.54) is 0 Å². The van der Waals surface area contributed by atoms with Gasteiger partial charge in [0.05, 0.1) is 12.8 Å². The molecule has 0 bridgehead atoms. The van der Waals surface area contributed by atoms with E-state index >= 15 is 0 Å². The van der Waals surface area contributed by atoms with Gasteiger partial charge in [0.1, 0.15) is 18.3 Å². The van der Waals surface area contributed by atoms with Gasteiger partial charge in [-0.15, -0.1) is 0 Å². The zero-order chi connectivity index (χ0) is 20.1. The third kappa shape index (κ3) is 6.99. The van der Waals surface area contributed by atoms with Crippen LogP contribution in [-0.2, 0) is 26.1 Å². The molecule has 2 aromatic rings. The predicted molar refractivity (Wildman–Crippen MR) is 97.7 cm³/mol. The van der Waals surface area contributed by atoms with Gasteiger partial charge in [0.15, 0.2) is 18.6 Å². The average molecular weight is 394 g/mol. The van der Waals surface area contributed by atoms with Gasteiger partial charge in [0, 0.05) is 24.0 Å². The van der Waals surface area contributed by atoms with E-state index in [4.69, 9.17) is 4.74 Å². The minimum atomic E-state index is -3.57. The lowest BCUT2D eigenvalue weighted by molar-refractivity contribution is -0.752. The van der Waals surface area contributed by atoms with Crippen molar-refractivity contribution in [3.63, 3.8) is 0 Å². The van der Waals surface area contributed by atoms with Gasteiger partial charge >= 0.3 is 5.97 Å². The molecule has 0 radical (unpaired) electrons. The molecular weight excluding hydrogens is 370 g/mol. The molecule has 0 atom stereocenters. The Labute approximate surface area is 159 Å². The maximum Gasteiger partial charge on any atom is 0.321 e. The van der Waals surface area contributed by atoms with Crippen molar-refractivity contribution in [2.75, 3.05) is 19.3 Å². The topological polar surface area (TPSA) is 106 Å². The Kier molecular flexibility index (Phi) is 6.55. The number of hydrogen-bond acceptors (Lipinski definition) is 7. The van der Waals surface area contributed by atoms with Crippen LogP contribution in [0.15, 0.2) is 36.9 Å². The molecule has 0 saturated heterocycles. The lowest BCUT2D eigenvalue weighted by Crippen LogP contribution is -2.46. The molecule has 2 heterocycles. The quantitative estimate of drug-likeness (QED) is 0.495. The average Bonchev–Trinajstić information content (AvgIpc) is 2.57. The van der Waals surface area contributed by atoms with Crippen molar-refractivity contribution >= 4 is 16.0 Å². The molecule has 146 valence electrons. The highest BCUT2D eigenvalue weighted by molar-refractivity contribution is 7.88. The monoisotopic (exact) mass is 394 g/mol. The molecule has 2 aromatic heterocycles. The molecular formula is C17H24N5O4S+. The normalized spacial score (nSPS) is 12.2. The van der Waals surface area contributed by atoms with Crippen LogP contribution in [0, 0.1) is 0 Å². The van der Waals surface area contributed by atoms with Crippen LogP contribution in [0.3, 0.4) is 0 Å². The van der Waals surface area contributed by atoms with Gasteiger partial charge in [-0.1, -0.05) is 4.68 Å². The second-order valence-corrected chi connectivity index (χ2v) is 8.92. The van der Waals surface area contributed by atoms with Gasteiger partial charge < -0.3 is 4.74 Å². The fourth-order valence-electron chi connectivity index (χ4n) is 2.19. The summed E-state index contributed by atoms with van der Waals surface area (Å²) in [6.45, 7) is 5.23. The summed E-state index contributed by atoms with van der Waals surface area (Å²) in [6.07, 6.45) is 7.66. The summed E-state index contributed by atoms with van der Waals surface area (Å²) >= 11 is 0. The Balaban J connectivity index is 2.01. The highest BCUT2D eigenvalue weighted by Crippen LogP contribution is 2.10. The minimum absolute atomic E-state index is 0.0942. The molecule has 0 N–H and O–H groups in total. The Morgan fingerprint density at radius 2 is 1.93 bits per heavy atom. The molecule has 10 heteroatoms. The van der Waals surface area contributed by atoms with E-state index in [-0.39, 0.29) is 19.6 Å². The molecule has 0 aliphatic heterocycles. The van der Waals surface area contributed by atoms with E-state index < -0.39 is 21.6 Å². The highest BCUT2D eigenvalue weighted by Gasteiger charge is 2.25. The maximum absolute atomic E-state index is 12.0. The maximum atomic E-state index is 12.0. The van der Waals surface area contributed by atoms with E-state index in [2.05, 4.69) is 15.1 Å². The molecule has 0 aliphatic rings. The third-order valence-corrected chi connectivity index (χ3v) is 4.62. The van der Waals surface area contributed by atoms with Gasteiger partial charge in [-0.3, -0.25) is 4.79 Å². The van der Waals surface area contributed by atoms with E-state index in [9.17, 15) is 13.2 Å². The third-order valence-electron chi connectivity index (χ3n) is 3.37. The summed E-state index contributed by atoms with van der Waals surface area (Å²) in [6, 6.07) is 3.52. The van der Waals surface area contributed by atoms with E-state index in [1.807, 2.05) is 0 Å². The van der Waals surface area contributed by atoms with Crippen LogP contribution < -0.4 is 4.68 Å². The van der Waals surface area contributed by atoms with Crippen molar-refractivity contribution in [2.45, 2.75) is 32.9 Å². The van der Waals surface area contributed by atoms with Crippen molar-refractivity contribution in [3.05, 3.63) is 36.9 Å². The Bertz CT molecular complexity index is 864. The summed E-state index contributed by atoms with van der Waals surface area (Å²) < 4.78 is 31.8. The lowest BCUT2D eigenvalue weighted by atomic mass is 10.2. The number of hydrogen-bond donors (Lipinski definition) is 0. The van der Waals surface area contributed by atoms with Crippen molar-refractivity contribution in [1.29, 1.82) is 0 Å². The van der Waals surface area contributed by atoms with Gasteiger partial charge in [-0.2, -0.15) is 4.31 Å². The Morgan fingerprint density at radius 1 is 1.26 bits per heavy atom. The van der Waals surface area contributed by atoms with Crippen molar-refractivity contribution in [1.82, 2.24) is 19.4 Å². The SMILES string of the molecule is CC(C)(C)OC(=O)CN(CC[n+]1ccc(-c2ncccn2)cn1)S(C)(=O)=O. The standard InChI is InChI=1S/C17H24N5O4S/c1-17(2,3)26-15(23)13-22(27(4,24)25)11-10-21-9-6-14(12-20-21)16-18-7-5-8-19-16/h5-9,12H,10-11,13H2,1-4H3/q+1. The summed E-state index contributed by atoms with van der Waals surface area (Å²) in [5.74, 6) is -0.0395. The van der Waals surface area contributed by atoms with Crippen LogP contribution in [0.1, 0.15) is 20.8 Å². The largest absolute Gasteiger partial charge is 0.459 e. The summed E-state index contributed by atoms with van der Waals surface area (Å²) in [5, 5.41) is 4.25.